The van der Waals surface area contributed by atoms with E-state index in [1.165, 1.54) is 128 Å². The van der Waals surface area contributed by atoms with Gasteiger partial charge in [0.15, 0.2) is 6.10 Å². The molecule has 0 fully saturated rings. The number of hydrogen-bond acceptors (Lipinski definition) is 6. The Bertz CT molecular complexity index is 1230. The molecule has 0 bridgehead atoms. The molecule has 0 aromatic heterocycles. The molecule has 0 saturated heterocycles. The van der Waals surface area contributed by atoms with E-state index in [1.807, 2.05) is 0 Å². The van der Waals surface area contributed by atoms with Crippen LogP contribution in [0.2, 0.25) is 0 Å². The van der Waals surface area contributed by atoms with E-state index < -0.39 is 6.10 Å². The van der Waals surface area contributed by atoms with Gasteiger partial charge in [0.1, 0.15) is 13.2 Å². The van der Waals surface area contributed by atoms with Crippen LogP contribution in [0.3, 0.4) is 0 Å². The van der Waals surface area contributed by atoms with Crippen molar-refractivity contribution in [2.24, 2.45) is 0 Å². The first-order chi connectivity index (χ1) is 32.0. The first-order valence-corrected chi connectivity index (χ1v) is 27.4. The van der Waals surface area contributed by atoms with E-state index >= 15 is 0 Å². The molecule has 0 aliphatic carbocycles. The zero-order valence-electron chi connectivity index (χ0n) is 42.7. The van der Waals surface area contributed by atoms with Crippen LogP contribution in [0, 0.1) is 0 Å². The number of carbonyl (C=O) groups excluding carboxylic acids is 3. The number of carbonyl (C=O) groups is 3. The van der Waals surface area contributed by atoms with Crippen molar-refractivity contribution in [2.45, 2.75) is 271 Å². The van der Waals surface area contributed by atoms with Crippen molar-refractivity contribution in [3.63, 3.8) is 0 Å². The molecular weight excluding hydrogens is 805 g/mol. The Morgan fingerprint density at radius 1 is 0.323 bits per heavy atom. The lowest BCUT2D eigenvalue weighted by Gasteiger charge is -2.18. The third-order valence-corrected chi connectivity index (χ3v) is 11.7. The van der Waals surface area contributed by atoms with Gasteiger partial charge in [0.25, 0.3) is 0 Å². The lowest BCUT2D eigenvalue weighted by atomic mass is 10.1. The van der Waals surface area contributed by atoms with Crippen LogP contribution in [-0.4, -0.2) is 37.2 Å². The molecule has 0 radical (unpaired) electrons. The summed E-state index contributed by atoms with van der Waals surface area (Å²) in [7, 11) is 0. The van der Waals surface area contributed by atoms with Crippen LogP contribution in [0.5, 0.6) is 0 Å². The van der Waals surface area contributed by atoms with Crippen molar-refractivity contribution in [3.8, 4) is 0 Å². The van der Waals surface area contributed by atoms with Crippen molar-refractivity contribution in [2.75, 3.05) is 13.2 Å². The van der Waals surface area contributed by atoms with Crippen LogP contribution in [0.15, 0.2) is 72.9 Å². The summed E-state index contributed by atoms with van der Waals surface area (Å²) in [4.78, 5) is 38.0. The van der Waals surface area contributed by atoms with E-state index in [4.69, 9.17) is 14.2 Å². The maximum Gasteiger partial charge on any atom is 0.306 e. The van der Waals surface area contributed by atoms with Gasteiger partial charge in [0, 0.05) is 19.3 Å². The first-order valence-electron chi connectivity index (χ1n) is 27.4. The minimum absolute atomic E-state index is 0.0853. The van der Waals surface area contributed by atoms with Crippen LogP contribution in [0.1, 0.15) is 265 Å². The Labute approximate surface area is 402 Å². The smallest absolute Gasteiger partial charge is 0.306 e. The van der Waals surface area contributed by atoms with Crippen LogP contribution < -0.4 is 0 Å². The van der Waals surface area contributed by atoms with Crippen molar-refractivity contribution >= 4 is 17.9 Å². The minimum Gasteiger partial charge on any atom is -0.462 e. The van der Waals surface area contributed by atoms with Gasteiger partial charge < -0.3 is 14.2 Å². The summed E-state index contributed by atoms with van der Waals surface area (Å²) >= 11 is 0. The summed E-state index contributed by atoms with van der Waals surface area (Å²) in [6, 6.07) is 0. The molecule has 0 amide bonds. The van der Waals surface area contributed by atoms with Gasteiger partial charge in [-0.25, -0.2) is 0 Å². The maximum absolute atomic E-state index is 12.8. The summed E-state index contributed by atoms with van der Waals surface area (Å²) in [5, 5.41) is 0. The molecule has 0 aliphatic rings. The number of hydrogen-bond donors (Lipinski definition) is 0. The minimum atomic E-state index is -0.787. The Hall–Kier alpha value is -3.15. The highest BCUT2D eigenvalue weighted by Crippen LogP contribution is 2.15. The third-order valence-electron chi connectivity index (χ3n) is 11.7. The van der Waals surface area contributed by atoms with Gasteiger partial charge in [-0.2, -0.15) is 0 Å². The second kappa shape index (κ2) is 53.5. The molecule has 0 rings (SSSR count). The van der Waals surface area contributed by atoms with Crippen molar-refractivity contribution in [3.05, 3.63) is 72.9 Å². The largest absolute Gasteiger partial charge is 0.462 e. The highest BCUT2D eigenvalue weighted by molar-refractivity contribution is 5.71. The number of esters is 3. The SMILES string of the molecule is CC/C=C\C/C=C\C/C=C\C/C=C\C/C=C\CCCCCC(=O)OCC(COC(=O)CCCCCCCCCCC)OC(=O)CCCCCCCCCCC/C=C\CCCCCCCC. The fraction of sp³-hybridized carbons (Fsp3) is 0.746. The lowest BCUT2D eigenvalue weighted by molar-refractivity contribution is -0.167. The normalized spacial score (nSPS) is 12.6. The van der Waals surface area contributed by atoms with Gasteiger partial charge in [-0.1, -0.05) is 229 Å². The average molecular weight is 907 g/mol. The molecule has 0 N–H and O–H groups in total. The highest BCUT2D eigenvalue weighted by atomic mass is 16.6. The van der Waals surface area contributed by atoms with Gasteiger partial charge in [-0.3, -0.25) is 14.4 Å². The fourth-order valence-corrected chi connectivity index (χ4v) is 7.58. The molecule has 0 aliphatic heterocycles. The number of unbranched alkanes of at least 4 members (excludes halogenated alkanes) is 26. The quantitative estimate of drug-likeness (QED) is 0.0262. The standard InChI is InChI=1S/C59H102O6/c1-4-7-10-13-16-19-21-23-25-27-29-31-33-35-37-40-43-46-49-52-58(61)64-55-56(54-63-57(60)51-48-45-42-39-18-15-12-9-6-3)65-59(62)53-50-47-44-41-38-36-34-32-30-28-26-24-22-20-17-14-11-8-5-2/h7,10,16,19,23-26,29,31,35,37,56H,4-6,8-9,11-15,17-18,20-22,27-28,30,32-34,36,38-55H2,1-3H3/b10-7-,19-16-,25-23-,26-24-,31-29-,37-35-. The Kier molecular flexibility index (Phi) is 50.9. The van der Waals surface area contributed by atoms with E-state index in [9.17, 15) is 14.4 Å². The van der Waals surface area contributed by atoms with E-state index in [0.29, 0.717) is 19.3 Å². The summed E-state index contributed by atoms with van der Waals surface area (Å²) in [5.74, 6) is -0.918. The zero-order valence-corrected chi connectivity index (χ0v) is 42.7. The van der Waals surface area contributed by atoms with Gasteiger partial charge in [0.2, 0.25) is 0 Å². The number of allylic oxidation sites excluding steroid dienone is 12. The molecule has 0 aromatic carbocycles. The molecular formula is C59H102O6. The van der Waals surface area contributed by atoms with Gasteiger partial charge in [0.05, 0.1) is 0 Å². The molecule has 1 unspecified atom stereocenters. The summed E-state index contributed by atoms with van der Waals surface area (Å²) in [6.45, 7) is 6.48. The van der Waals surface area contributed by atoms with Crippen molar-refractivity contribution in [1.29, 1.82) is 0 Å². The van der Waals surface area contributed by atoms with Gasteiger partial charge in [-0.15, -0.1) is 0 Å². The molecule has 0 heterocycles. The van der Waals surface area contributed by atoms with Crippen LogP contribution in [0.25, 0.3) is 0 Å². The molecule has 0 aromatic rings. The molecule has 0 saturated carbocycles. The highest BCUT2D eigenvalue weighted by Gasteiger charge is 2.19. The second-order valence-electron chi connectivity index (χ2n) is 18.1. The monoisotopic (exact) mass is 907 g/mol. The Balaban J connectivity index is 4.35. The molecule has 1 atom stereocenters. The fourth-order valence-electron chi connectivity index (χ4n) is 7.58. The van der Waals surface area contributed by atoms with E-state index in [1.54, 1.807) is 0 Å². The molecule has 374 valence electrons. The predicted molar refractivity (Wildman–Crippen MR) is 279 cm³/mol. The lowest BCUT2D eigenvalue weighted by Crippen LogP contribution is -2.30. The van der Waals surface area contributed by atoms with Gasteiger partial charge in [-0.05, 0) is 89.9 Å². The molecule has 6 heteroatoms. The first kappa shape index (κ1) is 61.9. The second-order valence-corrected chi connectivity index (χ2v) is 18.1. The summed E-state index contributed by atoms with van der Waals surface area (Å²) < 4.78 is 16.8. The van der Waals surface area contributed by atoms with E-state index in [-0.39, 0.29) is 31.1 Å². The molecule has 6 nitrogen and oxygen atoms in total. The van der Waals surface area contributed by atoms with Crippen LogP contribution in [-0.2, 0) is 28.6 Å². The summed E-state index contributed by atoms with van der Waals surface area (Å²) in [5.41, 5.74) is 0. The molecule has 65 heavy (non-hydrogen) atoms. The predicted octanol–water partition coefficient (Wildman–Crippen LogP) is 18.2. The summed E-state index contributed by atoms with van der Waals surface area (Å²) in [6.07, 6.45) is 67.5. The number of ether oxygens (including phenoxy) is 3. The van der Waals surface area contributed by atoms with Crippen molar-refractivity contribution in [1.82, 2.24) is 0 Å². The van der Waals surface area contributed by atoms with Gasteiger partial charge >= 0.3 is 17.9 Å². The Morgan fingerprint density at radius 2 is 0.600 bits per heavy atom. The van der Waals surface area contributed by atoms with Crippen LogP contribution in [0.4, 0.5) is 0 Å². The zero-order chi connectivity index (χ0) is 47.2. The van der Waals surface area contributed by atoms with Crippen LogP contribution >= 0.6 is 0 Å². The molecule has 0 spiro atoms. The topological polar surface area (TPSA) is 78.9 Å². The van der Waals surface area contributed by atoms with E-state index in [2.05, 4.69) is 93.7 Å². The van der Waals surface area contributed by atoms with E-state index in [0.717, 1.165) is 96.3 Å². The number of rotatable bonds is 49. The Morgan fingerprint density at radius 3 is 0.969 bits per heavy atom. The van der Waals surface area contributed by atoms with Crippen molar-refractivity contribution < 1.29 is 28.6 Å². The third kappa shape index (κ3) is 51.7. The maximum atomic E-state index is 12.8. The average Bonchev–Trinajstić information content (AvgIpc) is 3.30.